The Hall–Kier alpha value is -2.29. The van der Waals surface area contributed by atoms with Crippen molar-refractivity contribution < 1.29 is 0 Å². The Morgan fingerprint density at radius 2 is 2.00 bits per heavy atom. The molecule has 3 heteroatoms. The molecule has 3 nitrogen and oxygen atoms in total. The van der Waals surface area contributed by atoms with E-state index in [2.05, 4.69) is 45.7 Å². The molecule has 3 aromatic heterocycles. The number of hydrogen-bond donors (Lipinski definition) is 1. The number of aryl methyl sites for hydroxylation is 2. The van der Waals surface area contributed by atoms with E-state index in [0.717, 1.165) is 22.9 Å². The van der Waals surface area contributed by atoms with Crippen LogP contribution in [0.25, 0.3) is 17.2 Å². The predicted octanol–water partition coefficient (Wildman–Crippen LogP) is 3.48. The van der Waals surface area contributed by atoms with Gasteiger partial charge in [-0.05, 0) is 55.8 Å². The van der Waals surface area contributed by atoms with Crippen molar-refractivity contribution in [2.45, 2.75) is 13.8 Å². The zero-order valence-corrected chi connectivity index (χ0v) is 10.5. The summed E-state index contributed by atoms with van der Waals surface area (Å²) in [6, 6.07) is 12.4. The minimum absolute atomic E-state index is 0.960. The molecule has 0 radical (unpaired) electrons. The third-order valence-corrected chi connectivity index (χ3v) is 2.95. The Morgan fingerprint density at radius 3 is 2.72 bits per heavy atom. The molecule has 0 fully saturated rings. The van der Waals surface area contributed by atoms with E-state index >= 15 is 0 Å². The summed E-state index contributed by atoms with van der Waals surface area (Å²) in [7, 11) is 0. The second-order valence-electron chi connectivity index (χ2n) is 4.49. The van der Waals surface area contributed by atoms with Gasteiger partial charge in [-0.15, -0.1) is 0 Å². The number of aromatic nitrogens is 3. The summed E-state index contributed by atoms with van der Waals surface area (Å²) in [6.07, 6.45) is 3.97. The predicted molar refractivity (Wildman–Crippen MR) is 72.8 cm³/mol. The molecule has 18 heavy (non-hydrogen) atoms. The van der Waals surface area contributed by atoms with Gasteiger partial charge in [0.2, 0.25) is 0 Å². The second kappa shape index (κ2) is 4.18. The van der Waals surface area contributed by atoms with Crippen molar-refractivity contribution in [1.82, 2.24) is 14.5 Å². The molecule has 1 N–H and O–H groups in total. The monoisotopic (exact) mass is 237 g/mol. The van der Waals surface area contributed by atoms with E-state index in [9.17, 15) is 0 Å². The van der Waals surface area contributed by atoms with Gasteiger partial charge in [-0.25, -0.2) is 4.98 Å². The van der Waals surface area contributed by atoms with Crippen molar-refractivity contribution in [3.63, 3.8) is 0 Å². The first kappa shape index (κ1) is 10.8. The number of hydrogen-bond acceptors (Lipinski definition) is 1. The lowest BCUT2D eigenvalue weighted by molar-refractivity contribution is 0.984. The van der Waals surface area contributed by atoms with Gasteiger partial charge in [0.1, 0.15) is 5.82 Å². The molecule has 0 aliphatic rings. The topological polar surface area (TPSA) is 33.6 Å². The smallest absolute Gasteiger partial charge is 0.137 e. The number of nitrogens with one attached hydrogen (secondary N) is 1. The normalized spacial score (nSPS) is 10.8. The molecule has 3 heterocycles. The first-order chi connectivity index (χ1) is 8.74. The lowest BCUT2D eigenvalue weighted by Gasteiger charge is -2.09. The summed E-state index contributed by atoms with van der Waals surface area (Å²) in [6.45, 7) is 4.12. The zero-order chi connectivity index (χ0) is 12.5. The van der Waals surface area contributed by atoms with Crippen LogP contribution >= 0.6 is 0 Å². The largest absolute Gasteiger partial charge is 0.360 e. The molecule has 0 amide bonds. The molecule has 0 aliphatic heterocycles. The van der Waals surface area contributed by atoms with Gasteiger partial charge in [-0.1, -0.05) is 0 Å². The van der Waals surface area contributed by atoms with E-state index < -0.39 is 0 Å². The summed E-state index contributed by atoms with van der Waals surface area (Å²) >= 11 is 0. The summed E-state index contributed by atoms with van der Waals surface area (Å²) < 4.78 is 2.10. The minimum atomic E-state index is 0.960. The summed E-state index contributed by atoms with van der Waals surface area (Å²) in [5, 5.41) is 0. The van der Waals surface area contributed by atoms with Gasteiger partial charge >= 0.3 is 0 Å². The van der Waals surface area contributed by atoms with Crippen molar-refractivity contribution in [3.8, 4) is 17.2 Å². The molecule has 0 aliphatic carbocycles. The summed E-state index contributed by atoms with van der Waals surface area (Å²) in [4.78, 5) is 7.83. The fraction of sp³-hybridized carbons (Fsp3) is 0.133. The molecule has 3 rings (SSSR count). The Bertz CT molecular complexity index is 643. The minimum Gasteiger partial charge on any atom is -0.360 e. The molecule has 0 saturated carbocycles. The van der Waals surface area contributed by atoms with Crippen molar-refractivity contribution in [3.05, 3.63) is 60.0 Å². The number of nitrogens with zero attached hydrogens (tertiary/aromatic N) is 2. The maximum Gasteiger partial charge on any atom is 0.137 e. The average molecular weight is 237 g/mol. The van der Waals surface area contributed by atoms with Crippen LogP contribution in [-0.4, -0.2) is 14.5 Å². The molecule has 0 bridgehead atoms. The number of H-pyrrole nitrogens is 1. The number of pyridine rings is 1. The van der Waals surface area contributed by atoms with Crippen LogP contribution in [0.15, 0.2) is 48.8 Å². The molecule has 0 spiro atoms. The van der Waals surface area contributed by atoms with Crippen LogP contribution in [0.1, 0.15) is 11.3 Å². The number of rotatable bonds is 2. The van der Waals surface area contributed by atoms with Crippen LogP contribution in [0.2, 0.25) is 0 Å². The van der Waals surface area contributed by atoms with E-state index in [1.54, 1.807) is 0 Å². The molecular formula is C15H15N3. The highest BCUT2D eigenvalue weighted by atomic mass is 15.1. The zero-order valence-electron chi connectivity index (χ0n) is 10.5. The Labute approximate surface area is 106 Å². The van der Waals surface area contributed by atoms with Crippen LogP contribution < -0.4 is 0 Å². The van der Waals surface area contributed by atoms with Gasteiger partial charge in [0, 0.05) is 18.1 Å². The molecule has 0 aromatic carbocycles. The standard InChI is InChI=1S/C15H15N3/c1-11-9-12(2)17-15(10-11)18-8-4-6-14(18)13-5-3-7-16-13/h3-10,16H,1-2H3. The van der Waals surface area contributed by atoms with E-state index in [1.165, 1.54) is 5.56 Å². The molecule has 0 saturated heterocycles. The van der Waals surface area contributed by atoms with Crippen LogP contribution in [0.4, 0.5) is 0 Å². The molecular weight excluding hydrogens is 222 g/mol. The second-order valence-corrected chi connectivity index (χ2v) is 4.49. The highest BCUT2D eigenvalue weighted by Gasteiger charge is 2.07. The number of aromatic amines is 1. The molecule has 90 valence electrons. The van der Waals surface area contributed by atoms with E-state index in [-0.39, 0.29) is 0 Å². The lowest BCUT2D eigenvalue weighted by atomic mass is 10.2. The Kier molecular flexibility index (Phi) is 2.52. The van der Waals surface area contributed by atoms with E-state index in [0.29, 0.717) is 0 Å². The molecule has 3 aromatic rings. The lowest BCUT2D eigenvalue weighted by Crippen LogP contribution is -2.00. The third-order valence-electron chi connectivity index (χ3n) is 2.95. The average Bonchev–Trinajstić information content (AvgIpc) is 2.98. The summed E-state index contributed by atoms with van der Waals surface area (Å²) in [5.74, 6) is 0.960. The summed E-state index contributed by atoms with van der Waals surface area (Å²) in [5.41, 5.74) is 4.48. The fourth-order valence-electron chi connectivity index (χ4n) is 2.23. The van der Waals surface area contributed by atoms with Crippen molar-refractivity contribution in [2.24, 2.45) is 0 Å². The Balaban J connectivity index is 2.15. The van der Waals surface area contributed by atoms with Gasteiger partial charge in [-0.3, -0.25) is 4.57 Å². The molecule has 0 unspecified atom stereocenters. The van der Waals surface area contributed by atoms with Crippen LogP contribution in [0.3, 0.4) is 0 Å². The van der Waals surface area contributed by atoms with Gasteiger partial charge in [0.05, 0.1) is 11.4 Å². The first-order valence-corrected chi connectivity index (χ1v) is 6.01. The van der Waals surface area contributed by atoms with E-state index in [4.69, 9.17) is 0 Å². The fourth-order valence-corrected chi connectivity index (χ4v) is 2.23. The molecule has 0 atom stereocenters. The van der Waals surface area contributed by atoms with Crippen molar-refractivity contribution in [2.75, 3.05) is 0 Å². The van der Waals surface area contributed by atoms with Crippen LogP contribution in [-0.2, 0) is 0 Å². The van der Waals surface area contributed by atoms with Crippen LogP contribution in [0.5, 0.6) is 0 Å². The van der Waals surface area contributed by atoms with Gasteiger partial charge in [0.25, 0.3) is 0 Å². The van der Waals surface area contributed by atoms with Gasteiger partial charge in [-0.2, -0.15) is 0 Å². The van der Waals surface area contributed by atoms with Gasteiger partial charge in [0.15, 0.2) is 0 Å². The van der Waals surface area contributed by atoms with Gasteiger partial charge < -0.3 is 4.98 Å². The van der Waals surface area contributed by atoms with Crippen molar-refractivity contribution >= 4 is 0 Å². The van der Waals surface area contributed by atoms with Crippen molar-refractivity contribution in [1.29, 1.82) is 0 Å². The highest BCUT2D eigenvalue weighted by molar-refractivity contribution is 5.58. The first-order valence-electron chi connectivity index (χ1n) is 6.01. The quantitative estimate of drug-likeness (QED) is 0.727. The maximum absolute atomic E-state index is 4.60. The maximum atomic E-state index is 4.60. The van der Waals surface area contributed by atoms with E-state index in [1.807, 2.05) is 31.5 Å². The highest BCUT2D eigenvalue weighted by Crippen LogP contribution is 2.22. The third kappa shape index (κ3) is 1.84. The van der Waals surface area contributed by atoms with Crippen LogP contribution in [0, 0.1) is 13.8 Å². The SMILES string of the molecule is Cc1cc(C)nc(-n2cccc2-c2ccc[nH]2)c1. The Morgan fingerprint density at radius 1 is 1.11 bits per heavy atom.